The summed E-state index contributed by atoms with van der Waals surface area (Å²) in [6.45, 7) is 17.5. The highest BCUT2D eigenvalue weighted by Gasteiger charge is 2.23. The van der Waals surface area contributed by atoms with Crippen molar-refractivity contribution in [2.24, 2.45) is 0 Å². The number of hydrogen-bond donors (Lipinski definition) is 1. The van der Waals surface area contributed by atoms with Crippen LogP contribution in [0.2, 0.25) is 0 Å². The van der Waals surface area contributed by atoms with E-state index in [-0.39, 0.29) is 0 Å². The molecule has 0 unspecified atom stereocenters. The molecule has 40 heavy (non-hydrogen) atoms. The lowest BCUT2D eigenvalue weighted by Gasteiger charge is -2.27. The Bertz CT molecular complexity index is 1480. The van der Waals surface area contributed by atoms with Crippen LogP contribution in [-0.2, 0) is 0 Å². The van der Waals surface area contributed by atoms with Crippen LogP contribution in [-0.4, -0.2) is 62.7 Å². The number of rotatable bonds is 12. The highest BCUT2D eigenvalue weighted by Crippen LogP contribution is 2.42. The van der Waals surface area contributed by atoms with E-state index in [1.807, 2.05) is 7.05 Å². The Balaban J connectivity index is 2.03. The maximum Gasteiger partial charge on any atom is 0.203 e. The number of benzene rings is 3. The van der Waals surface area contributed by atoms with Crippen LogP contribution in [0.1, 0.15) is 46.6 Å². The minimum absolute atomic E-state index is 0.879. The van der Waals surface area contributed by atoms with Crippen LogP contribution in [0.25, 0.3) is 33.4 Å². The second-order valence-electron chi connectivity index (χ2n) is 10.1. The normalized spacial score (nSPS) is 11.2. The van der Waals surface area contributed by atoms with Crippen molar-refractivity contribution in [3.8, 4) is 22.5 Å². The van der Waals surface area contributed by atoms with Crippen molar-refractivity contribution in [3.05, 3.63) is 71.6 Å². The van der Waals surface area contributed by atoms with E-state index in [9.17, 15) is 0 Å². The number of hydrogen-bond acceptors (Lipinski definition) is 4. The van der Waals surface area contributed by atoms with E-state index in [4.69, 9.17) is 16.6 Å². The smallest absolute Gasteiger partial charge is 0.203 e. The first-order chi connectivity index (χ1) is 19.5. The first-order valence-electron chi connectivity index (χ1n) is 14.9. The van der Waals surface area contributed by atoms with Crippen LogP contribution in [0, 0.1) is 0 Å². The fourth-order valence-corrected chi connectivity index (χ4v) is 5.98. The van der Waals surface area contributed by atoms with E-state index in [2.05, 4.69) is 115 Å². The highest BCUT2D eigenvalue weighted by molar-refractivity contribution is 7.80. The summed E-state index contributed by atoms with van der Waals surface area (Å²) >= 11 is 6.19. The Morgan fingerprint density at radius 3 is 2.30 bits per heavy atom. The van der Waals surface area contributed by atoms with Gasteiger partial charge >= 0.3 is 0 Å². The molecule has 1 aliphatic heterocycles. The largest absolute Gasteiger partial charge is 0.456 e. The lowest BCUT2D eigenvalue weighted by Crippen LogP contribution is -2.36. The Hall–Kier alpha value is -3.22. The van der Waals surface area contributed by atoms with Gasteiger partial charge in [-0.05, 0) is 64.9 Å². The third-order valence-corrected chi connectivity index (χ3v) is 8.26. The van der Waals surface area contributed by atoms with Gasteiger partial charge in [-0.3, -0.25) is 0 Å². The van der Waals surface area contributed by atoms with Gasteiger partial charge in [-0.15, -0.1) is 0 Å². The summed E-state index contributed by atoms with van der Waals surface area (Å²) in [5.74, 6) is 0.893. The molecule has 1 N–H and O–H groups in total. The number of fused-ring (bicyclic) bond motifs is 2. The molecule has 2 aliphatic rings. The zero-order chi connectivity index (χ0) is 28.6. The van der Waals surface area contributed by atoms with Crippen LogP contribution < -0.4 is 20.1 Å². The highest BCUT2D eigenvalue weighted by atomic mass is 32.1. The molecule has 0 atom stereocenters. The van der Waals surface area contributed by atoms with Crippen molar-refractivity contribution in [3.63, 3.8) is 0 Å². The van der Waals surface area contributed by atoms with Gasteiger partial charge in [-0.1, -0.05) is 43.4 Å². The van der Waals surface area contributed by atoms with Gasteiger partial charge in [0.25, 0.3) is 0 Å². The molecule has 4 rings (SSSR count). The Labute approximate surface area is 245 Å². The minimum Gasteiger partial charge on any atom is -0.456 e. The van der Waals surface area contributed by atoms with Crippen molar-refractivity contribution in [2.75, 3.05) is 57.8 Å². The van der Waals surface area contributed by atoms with Crippen molar-refractivity contribution in [2.45, 2.75) is 41.0 Å². The molecule has 2 aromatic rings. The number of likely N-dealkylation sites (N-methyl/N-ethyl adjacent to an activating group) is 1. The van der Waals surface area contributed by atoms with Crippen molar-refractivity contribution in [1.29, 1.82) is 0 Å². The van der Waals surface area contributed by atoms with E-state index in [0.717, 1.165) is 90.6 Å². The number of nitrogens with zero attached hydrogens (tertiary/aromatic N) is 3. The van der Waals surface area contributed by atoms with Gasteiger partial charge in [0.05, 0.1) is 6.07 Å². The van der Waals surface area contributed by atoms with Crippen LogP contribution in [0.15, 0.2) is 65.1 Å². The Morgan fingerprint density at radius 1 is 0.875 bits per heavy atom. The van der Waals surface area contributed by atoms with E-state index in [0.29, 0.717) is 0 Å². The molecule has 0 aromatic heterocycles. The lowest BCUT2D eigenvalue weighted by molar-refractivity contribution is 0.423. The molecule has 0 saturated heterocycles. The molecule has 0 fully saturated rings. The van der Waals surface area contributed by atoms with E-state index >= 15 is 0 Å². The van der Waals surface area contributed by atoms with Crippen LogP contribution >= 0.6 is 12.2 Å². The van der Waals surface area contributed by atoms with Gasteiger partial charge in [0.2, 0.25) is 5.36 Å². The van der Waals surface area contributed by atoms with Crippen LogP contribution in [0.4, 0.5) is 5.69 Å². The molecular weight excluding hydrogens is 512 g/mol. The molecule has 0 bridgehead atoms. The van der Waals surface area contributed by atoms with Gasteiger partial charge in [0.15, 0.2) is 0 Å². The first-order valence-corrected chi connectivity index (χ1v) is 15.3. The second-order valence-corrected chi connectivity index (χ2v) is 10.5. The van der Waals surface area contributed by atoms with Crippen LogP contribution in [0.3, 0.4) is 0 Å². The van der Waals surface area contributed by atoms with Crippen molar-refractivity contribution in [1.82, 2.24) is 14.8 Å². The third kappa shape index (κ3) is 6.08. The quantitative estimate of drug-likeness (QED) is 0.123. The summed E-state index contributed by atoms with van der Waals surface area (Å²) in [5.41, 5.74) is 6.59. The fourth-order valence-electron chi connectivity index (χ4n) is 5.62. The summed E-state index contributed by atoms with van der Waals surface area (Å²) in [4.78, 5) is 5.59. The van der Waals surface area contributed by atoms with Gasteiger partial charge in [-0.25, -0.2) is 4.58 Å². The molecular formula is C34H45N4OS+. The maximum absolute atomic E-state index is 6.70. The summed E-state index contributed by atoms with van der Waals surface area (Å²) in [5, 5.41) is 5.56. The predicted octanol–water partition coefficient (Wildman–Crippen LogP) is 6.47. The average molecular weight is 558 g/mol. The molecule has 0 radical (unpaired) electrons. The van der Waals surface area contributed by atoms with E-state index < -0.39 is 0 Å². The minimum atomic E-state index is 0.879. The zero-order valence-corrected chi connectivity index (χ0v) is 25.9. The molecule has 0 spiro atoms. The van der Waals surface area contributed by atoms with Crippen LogP contribution in [0.5, 0.6) is 0 Å². The molecule has 5 nitrogen and oxygen atoms in total. The topological polar surface area (TPSA) is 34.7 Å². The number of nitrogens with one attached hydrogen (secondary N) is 1. The van der Waals surface area contributed by atoms with Gasteiger partial charge in [0, 0.05) is 72.6 Å². The monoisotopic (exact) mass is 557 g/mol. The van der Waals surface area contributed by atoms with Gasteiger partial charge in [-0.2, -0.15) is 0 Å². The fraction of sp³-hybridized carbons (Fsp3) is 0.412. The first kappa shape index (κ1) is 29.8. The molecule has 1 heterocycles. The van der Waals surface area contributed by atoms with E-state index in [1.54, 1.807) is 0 Å². The van der Waals surface area contributed by atoms with Crippen molar-refractivity contribution < 1.29 is 4.42 Å². The maximum atomic E-state index is 6.70. The molecule has 6 heteroatoms. The van der Waals surface area contributed by atoms with Crippen molar-refractivity contribution >= 4 is 33.9 Å². The average Bonchev–Trinajstić information content (AvgIpc) is 2.99. The molecule has 2 aromatic carbocycles. The Kier molecular flexibility index (Phi) is 10.3. The second kappa shape index (κ2) is 13.9. The van der Waals surface area contributed by atoms with Gasteiger partial charge < -0.3 is 19.5 Å². The summed E-state index contributed by atoms with van der Waals surface area (Å²) in [6.07, 6.45) is 1.05. The molecule has 1 aliphatic carbocycles. The predicted molar refractivity (Wildman–Crippen MR) is 176 cm³/mol. The summed E-state index contributed by atoms with van der Waals surface area (Å²) in [6, 6.07) is 21.9. The lowest BCUT2D eigenvalue weighted by atomic mass is 9.90. The number of anilines is 1. The molecule has 0 amide bonds. The summed E-state index contributed by atoms with van der Waals surface area (Å²) < 4.78 is 9.06. The Morgan fingerprint density at radius 2 is 1.62 bits per heavy atom. The SMILES string of the molecule is CCCN(CCNC)C(=S)c1ccccc1-c1c2ccc(=[N+](CC)CC)cc-2oc2cc(N(CC)CC)ccc12. The standard InChI is InChI=1S/C34H45N4OS/c1-7-21-38(22-20-35-6)34(40)28-15-13-12-14-27(28)33-29-18-16-25(36(8-2)9-3)23-31(29)39-32-24-26(17-19-30(32)33)37(10-4)11-5/h12-19,23-24,35H,7-11,20-22H2,1-6H3/q+1. The molecule has 0 saturated carbocycles. The third-order valence-electron chi connectivity index (χ3n) is 7.79. The zero-order valence-electron chi connectivity index (χ0n) is 25.1. The number of thiocarbonyl (C=S) groups is 1. The van der Waals surface area contributed by atoms with E-state index in [1.165, 1.54) is 16.6 Å². The summed E-state index contributed by atoms with van der Waals surface area (Å²) in [7, 11) is 1.99. The van der Waals surface area contributed by atoms with Gasteiger partial charge in [0.1, 0.15) is 29.4 Å². The molecule has 212 valence electrons.